The second-order valence-corrected chi connectivity index (χ2v) is 10.7. The molecule has 1 saturated heterocycles. The molecule has 1 heterocycles. The number of methoxy groups -OCH3 is 1. The van der Waals surface area contributed by atoms with Gasteiger partial charge in [-0.1, -0.05) is 86.4 Å². The molecule has 0 atom stereocenters. The Hall–Kier alpha value is -3.29. The predicted octanol–water partition coefficient (Wildman–Crippen LogP) is 6.99. The van der Waals surface area contributed by atoms with Gasteiger partial charge in [-0.25, -0.2) is 0 Å². The standard InChI is InChI=1S/C30H31NO4S2/c1-20(2)24-12-10-21(3)16-26(24)35-15-14-34-25-13-11-23(17-27(25)33-4)18-28-29(32)31(30(36)37-28)19-22-8-6-5-7-9-22/h5-13,16-18,20H,14-15,19H2,1-4H3. The fraction of sp³-hybridized carbons (Fsp3) is 0.267. The number of aryl methyl sites for hydroxylation is 1. The number of nitrogens with zero attached hydrogens (tertiary/aromatic N) is 1. The zero-order valence-electron chi connectivity index (χ0n) is 21.5. The van der Waals surface area contributed by atoms with E-state index in [0.717, 1.165) is 22.4 Å². The van der Waals surface area contributed by atoms with E-state index in [9.17, 15) is 4.79 Å². The summed E-state index contributed by atoms with van der Waals surface area (Å²) in [5.74, 6) is 2.39. The van der Waals surface area contributed by atoms with E-state index in [-0.39, 0.29) is 5.91 Å². The Labute approximate surface area is 228 Å². The summed E-state index contributed by atoms with van der Waals surface area (Å²) in [7, 11) is 1.60. The molecule has 0 saturated carbocycles. The number of amides is 1. The van der Waals surface area contributed by atoms with Crippen molar-refractivity contribution >= 4 is 40.3 Å². The third-order valence-electron chi connectivity index (χ3n) is 5.93. The average molecular weight is 534 g/mol. The Bertz CT molecular complexity index is 1300. The van der Waals surface area contributed by atoms with Crippen LogP contribution in [0.25, 0.3) is 6.08 Å². The van der Waals surface area contributed by atoms with Crippen LogP contribution in [0.4, 0.5) is 0 Å². The van der Waals surface area contributed by atoms with E-state index >= 15 is 0 Å². The highest BCUT2D eigenvalue weighted by Gasteiger charge is 2.32. The molecular formula is C30H31NO4S2. The topological polar surface area (TPSA) is 48.0 Å². The first kappa shape index (κ1) is 26.8. The first-order valence-corrected chi connectivity index (χ1v) is 13.4. The highest BCUT2D eigenvalue weighted by Crippen LogP contribution is 2.35. The molecule has 0 spiro atoms. The largest absolute Gasteiger partial charge is 0.493 e. The van der Waals surface area contributed by atoms with Crippen LogP contribution in [-0.4, -0.2) is 35.5 Å². The van der Waals surface area contributed by atoms with E-state index in [4.69, 9.17) is 26.4 Å². The highest BCUT2D eigenvalue weighted by atomic mass is 32.2. The lowest BCUT2D eigenvalue weighted by atomic mass is 10.0. The molecule has 1 fully saturated rings. The Morgan fingerprint density at radius 2 is 1.68 bits per heavy atom. The van der Waals surface area contributed by atoms with Crippen LogP contribution in [0.3, 0.4) is 0 Å². The molecule has 0 unspecified atom stereocenters. The number of ether oxygens (including phenoxy) is 3. The zero-order valence-corrected chi connectivity index (χ0v) is 23.2. The summed E-state index contributed by atoms with van der Waals surface area (Å²) in [6.45, 7) is 7.62. The van der Waals surface area contributed by atoms with Crippen LogP contribution in [0.2, 0.25) is 0 Å². The van der Waals surface area contributed by atoms with Gasteiger partial charge in [0.1, 0.15) is 23.3 Å². The molecule has 0 bridgehead atoms. The van der Waals surface area contributed by atoms with Gasteiger partial charge in [0.15, 0.2) is 11.5 Å². The van der Waals surface area contributed by atoms with E-state index in [1.807, 2.05) is 54.6 Å². The average Bonchev–Trinajstić information content (AvgIpc) is 3.14. The Morgan fingerprint density at radius 3 is 2.38 bits per heavy atom. The molecular weight excluding hydrogens is 502 g/mol. The van der Waals surface area contributed by atoms with Crippen LogP contribution < -0.4 is 14.2 Å². The van der Waals surface area contributed by atoms with E-state index < -0.39 is 0 Å². The second-order valence-electron chi connectivity index (χ2n) is 9.06. The van der Waals surface area contributed by atoms with Crippen LogP contribution >= 0.6 is 24.0 Å². The first-order valence-electron chi connectivity index (χ1n) is 12.2. The van der Waals surface area contributed by atoms with Crippen LogP contribution in [0.15, 0.2) is 71.6 Å². The van der Waals surface area contributed by atoms with E-state index in [1.165, 1.54) is 17.3 Å². The van der Waals surface area contributed by atoms with E-state index in [1.54, 1.807) is 12.0 Å². The van der Waals surface area contributed by atoms with Gasteiger partial charge in [-0.2, -0.15) is 0 Å². The van der Waals surface area contributed by atoms with E-state index in [0.29, 0.717) is 46.4 Å². The van der Waals surface area contributed by atoms with Crippen molar-refractivity contribution in [1.29, 1.82) is 0 Å². The minimum Gasteiger partial charge on any atom is -0.493 e. The first-order chi connectivity index (χ1) is 17.9. The number of carbonyl (C=O) groups excluding carboxylic acids is 1. The second kappa shape index (κ2) is 12.3. The van der Waals surface area contributed by atoms with Gasteiger partial charge in [-0.15, -0.1) is 0 Å². The summed E-state index contributed by atoms with van der Waals surface area (Å²) in [6.07, 6.45) is 1.84. The number of rotatable bonds is 10. The maximum atomic E-state index is 13.0. The number of carbonyl (C=O) groups is 1. The third-order valence-corrected chi connectivity index (χ3v) is 7.31. The Kier molecular flexibility index (Phi) is 8.90. The smallest absolute Gasteiger partial charge is 0.266 e. The fourth-order valence-electron chi connectivity index (χ4n) is 3.99. The van der Waals surface area contributed by atoms with E-state index in [2.05, 4.69) is 39.0 Å². The molecule has 5 nitrogen and oxygen atoms in total. The molecule has 192 valence electrons. The highest BCUT2D eigenvalue weighted by molar-refractivity contribution is 8.26. The molecule has 4 rings (SSSR count). The van der Waals surface area contributed by atoms with Crippen molar-refractivity contribution in [2.45, 2.75) is 33.2 Å². The fourth-order valence-corrected chi connectivity index (χ4v) is 5.25. The number of benzene rings is 3. The van der Waals surface area contributed by atoms with Crippen molar-refractivity contribution < 1.29 is 19.0 Å². The third kappa shape index (κ3) is 6.73. The van der Waals surface area contributed by atoms with Crippen molar-refractivity contribution in [2.75, 3.05) is 20.3 Å². The summed E-state index contributed by atoms with van der Waals surface area (Å²) in [4.78, 5) is 15.2. The molecule has 7 heteroatoms. The monoisotopic (exact) mass is 533 g/mol. The maximum absolute atomic E-state index is 13.0. The lowest BCUT2D eigenvalue weighted by Crippen LogP contribution is -2.27. The summed E-state index contributed by atoms with van der Waals surface area (Å²) in [5, 5.41) is 0. The summed E-state index contributed by atoms with van der Waals surface area (Å²) >= 11 is 6.79. The number of thioether (sulfide) groups is 1. The summed E-state index contributed by atoms with van der Waals surface area (Å²) in [6, 6.07) is 21.7. The van der Waals surface area contributed by atoms with Gasteiger partial charge in [0, 0.05) is 0 Å². The predicted molar refractivity (Wildman–Crippen MR) is 154 cm³/mol. The molecule has 0 aromatic heterocycles. The van der Waals surface area contributed by atoms with Crippen molar-refractivity contribution in [2.24, 2.45) is 0 Å². The minimum absolute atomic E-state index is 0.0905. The number of thiocarbonyl (C=S) groups is 1. The number of hydrogen-bond acceptors (Lipinski definition) is 6. The molecule has 0 radical (unpaired) electrons. The van der Waals surface area contributed by atoms with Gasteiger partial charge >= 0.3 is 0 Å². The maximum Gasteiger partial charge on any atom is 0.266 e. The van der Waals surface area contributed by atoms with Gasteiger partial charge in [0.05, 0.1) is 18.6 Å². The van der Waals surface area contributed by atoms with Crippen molar-refractivity contribution in [1.82, 2.24) is 4.90 Å². The Morgan fingerprint density at radius 1 is 0.946 bits per heavy atom. The lowest BCUT2D eigenvalue weighted by molar-refractivity contribution is -0.122. The molecule has 0 N–H and O–H groups in total. The quantitative estimate of drug-likeness (QED) is 0.159. The molecule has 3 aromatic carbocycles. The normalized spacial score (nSPS) is 14.5. The van der Waals surface area contributed by atoms with Crippen molar-refractivity contribution in [3.63, 3.8) is 0 Å². The summed E-state index contributed by atoms with van der Waals surface area (Å²) < 4.78 is 18.1. The van der Waals surface area contributed by atoms with Crippen LogP contribution in [0.1, 0.15) is 42.0 Å². The molecule has 1 aliphatic heterocycles. The molecule has 0 aliphatic carbocycles. The molecule has 37 heavy (non-hydrogen) atoms. The zero-order chi connectivity index (χ0) is 26.4. The van der Waals surface area contributed by atoms with Gasteiger partial charge in [-0.05, 0) is 59.4 Å². The number of hydrogen-bond donors (Lipinski definition) is 0. The molecule has 3 aromatic rings. The SMILES string of the molecule is COc1cc(C=C2SC(=S)N(Cc3ccccc3)C2=O)ccc1OCCOc1cc(C)ccc1C(C)C. The van der Waals surface area contributed by atoms with Crippen molar-refractivity contribution in [3.8, 4) is 17.2 Å². The van der Waals surface area contributed by atoms with Crippen LogP contribution in [0.5, 0.6) is 17.2 Å². The lowest BCUT2D eigenvalue weighted by Gasteiger charge is -2.16. The molecule has 1 aliphatic rings. The van der Waals surface area contributed by atoms with Gasteiger partial charge < -0.3 is 14.2 Å². The summed E-state index contributed by atoms with van der Waals surface area (Å²) in [5.41, 5.74) is 4.22. The van der Waals surface area contributed by atoms with Crippen molar-refractivity contribution in [3.05, 3.63) is 93.9 Å². The molecule has 1 amide bonds. The van der Waals surface area contributed by atoms with Crippen LogP contribution in [-0.2, 0) is 11.3 Å². The Balaban J connectivity index is 1.39. The van der Waals surface area contributed by atoms with Gasteiger partial charge in [-0.3, -0.25) is 9.69 Å². The van der Waals surface area contributed by atoms with Gasteiger partial charge in [0.2, 0.25) is 0 Å². The van der Waals surface area contributed by atoms with Gasteiger partial charge in [0.25, 0.3) is 5.91 Å². The van der Waals surface area contributed by atoms with Crippen LogP contribution in [0, 0.1) is 6.92 Å². The minimum atomic E-state index is -0.0905.